The summed E-state index contributed by atoms with van der Waals surface area (Å²) in [5, 5.41) is 3.24. The number of anilines is 1. The van der Waals surface area contributed by atoms with E-state index in [2.05, 4.69) is 26.1 Å². The van der Waals surface area contributed by atoms with Gasteiger partial charge in [0.2, 0.25) is 0 Å². The van der Waals surface area contributed by atoms with Gasteiger partial charge in [-0.2, -0.15) is 0 Å². The molecule has 0 radical (unpaired) electrons. The Morgan fingerprint density at radius 3 is 2.38 bits per heavy atom. The Labute approximate surface area is 209 Å². The van der Waals surface area contributed by atoms with Crippen LogP contribution in [0.25, 0.3) is 0 Å². The first-order valence-corrected chi connectivity index (χ1v) is 12.1. The van der Waals surface area contributed by atoms with Crippen LogP contribution in [0.5, 0.6) is 0 Å². The molecule has 0 aliphatic heterocycles. The van der Waals surface area contributed by atoms with E-state index in [1.807, 2.05) is 0 Å². The summed E-state index contributed by atoms with van der Waals surface area (Å²) in [7, 11) is 0. The van der Waals surface area contributed by atoms with E-state index in [4.69, 9.17) is 32.7 Å². The van der Waals surface area contributed by atoms with Gasteiger partial charge in [-0.05, 0) is 60.9 Å². The van der Waals surface area contributed by atoms with Crippen molar-refractivity contribution in [2.24, 2.45) is 17.8 Å². The number of rotatable bonds is 7. The molecule has 3 atom stereocenters. The molecule has 0 saturated heterocycles. The highest BCUT2D eigenvalue weighted by molar-refractivity contribution is 6.35. The molecule has 1 aliphatic rings. The van der Waals surface area contributed by atoms with Crippen LogP contribution >= 0.6 is 23.2 Å². The molecule has 0 heterocycles. The molecule has 1 aliphatic carbocycles. The lowest BCUT2D eigenvalue weighted by Crippen LogP contribution is -2.36. The Morgan fingerprint density at radius 1 is 1.03 bits per heavy atom. The summed E-state index contributed by atoms with van der Waals surface area (Å²) in [6, 6.07) is 10.9. The fourth-order valence-corrected chi connectivity index (χ4v) is 4.62. The van der Waals surface area contributed by atoms with Gasteiger partial charge in [0, 0.05) is 5.02 Å². The fraction of sp³-hybridized carbons (Fsp3) is 0.423. The summed E-state index contributed by atoms with van der Waals surface area (Å²) in [6.45, 7) is 5.87. The van der Waals surface area contributed by atoms with Crippen molar-refractivity contribution < 1.29 is 23.9 Å². The number of amides is 1. The number of carbonyl (C=O) groups excluding carboxylic acids is 3. The summed E-state index contributed by atoms with van der Waals surface area (Å²) >= 11 is 12.0. The van der Waals surface area contributed by atoms with Gasteiger partial charge in [0.1, 0.15) is 6.10 Å². The second-order valence-electron chi connectivity index (χ2n) is 9.06. The quantitative estimate of drug-likeness (QED) is 0.439. The molecule has 182 valence electrons. The molecule has 2 aromatic rings. The third kappa shape index (κ3) is 6.73. The number of nitrogens with one attached hydrogen (secondary N) is 1. The number of halogens is 2. The predicted molar refractivity (Wildman–Crippen MR) is 132 cm³/mol. The minimum atomic E-state index is -0.794. The van der Waals surface area contributed by atoms with E-state index in [1.54, 1.807) is 24.3 Å². The van der Waals surface area contributed by atoms with Crippen molar-refractivity contribution >= 4 is 46.7 Å². The van der Waals surface area contributed by atoms with Gasteiger partial charge in [0.05, 0.1) is 21.8 Å². The molecule has 34 heavy (non-hydrogen) atoms. The van der Waals surface area contributed by atoms with Crippen LogP contribution in [0.3, 0.4) is 0 Å². The average molecular weight is 506 g/mol. The molecule has 0 bridgehead atoms. The SMILES string of the molecule is CC(C)[C@H]1CC[C@@H](C)C[C@@H]1OC(=O)c1ccccc1C(=O)OCC(=O)Nc1cc(Cl)ccc1Cl. The second-order valence-corrected chi connectivity index (χ2v) is 9.91. The van der Waals surface area contributed by atoms with Gasteiger partial charge in [-0.1, -0.05) is 62.5 Å². The number of ether oxygens (including phenoxy) is 2. The van der Waals surface area contributed by atoms with Gasteiger partial charge in [-0.3, -0.25) is 4.79 Å². The number of hydrogen-bond donors (Lipinski definition) is 1. The van der Waals surface area contributed by atoms with Gasteiger partial charge in [-0.25, -0.2) is 9.59 Å². The van der Waals surface area contributed by atoms with Gasteiger partial charge >= 0.3 is 11.9 Å². The largest absolute Gasteiger partial charge is 0.458 e. The van der Waals surface area contributed by atoms with E-state index in [0.717, 1.165) is 19.3 Å². The molecule has 0 unspecified atom stereocenters. The van der Waals surface area contributed by atoms with Crippen molar-refractivity contribution in [1.82, 2.24) is 0 Å². The van der Waals surface area contributed by atoms with Crippen molar-refractivity contribution in [3.05, 3.63) is 63.6 Å². The maximum atomic E-state index is 13.0. The molecule has 1 saturated carbocycles. The number of benzene rings is 2. The van der Waals surface area contributed by atoms with Gasteiger partial charge in [0.25, 0.3) is 5.91 Å². The van der Waals surface area contributed by atoms with Gasteiger partial charge in [-0.15, -0.1) is 0 Å². The maximum absolute atomic E-state index is 13.0. The van der Waals surface area contributed by atoms with Crippen molar-refractivity contribution in [3.8, 4) is 0 Å². The topological polar surface area (TPSA) is 81.7 Å². The molecular weight excluding hydrogens is 477 g/mol. The molecule has 8 heteroatoms. The van der Waals surface area contributed by atoms with Crippen LogP contribution in [0.2, 0.25) is 10.0 Å². The molecule has 0 spiro atoms. The van der Waals surface area contributed by atoms with E-state index < -0.39 is 24.5 Å². The summed E-state index contributed by atoms with van der Waals surface area (Å²) < 4.78 is 11.0. The molecule has 1 N–H and O–H groups in total. The van der Waals surface area contributed by atoms with Gasteiger partial charge in [0.15, 0.2) is 6.61 Å². The standard InChI is InChI=1S/C26H29Cl2NO5/c1-15(2)18-10-8-16(3)12-23(18)34-26(32)20-7-5-4-6-19(20)25(31)33-14-24(30)29-22-13-17(27)9-11-21(22)28/h4-7,9,11,13,15-16,18,23H,8,10,12,14H2,1-3H3,(H,29,30)/t16-,18-,23+/m1/s1. The number of hydrogen-bond acceptors (Lipinski definition) is 5. The normalized spacial score (nSPS) is 20.0. The number of esters is 2. The maximum Gasteiger partial charge on any atom is 0.339 e. The first-order valence-electron chi connectivity index (χ1n) is 11.4. The van der Waals surface area contributed by atoms with Crippen LogP contribution < -0.4 is 5.32 Å². The van der Waals surface area contributed by atoms with Crippen LogP contribution in [0, 0.1) is 17.8 Å². The minimum absolute atomic E-state index is 0.0473. The van der Waals surface area contributed by atoms with Gasteiger partial charge < -0.3 is 14.8 Å². The molecule has 0 aromatic heterocycles. The van der Waals surface area contributed by atoms with Crippen LogP contribution in [0.15, 0.2) is 42.5 Å². The molecule has 2 aromatic carbocycles. The Kier molecular flexibility index (Phi) is 8.97. The zero-order chi connectivity index (χ0) is 24.8. The van der Waals surface area contributed by atoms with Crippen molar-refractivity contribution in [2.45, 2.75) is 46.1 Å². The van der Waals surface area contributed by atoms with E-state index in [9.17, 15) is 14.4 Å². The summed E-state index contributed by atoms with van der Waals surface area (Å²) in [6.07, 6.45) is 2.72. The van der Waals surface area contributed by atoms with Crippen LogP contribution in [-0.2, 0) is 14.3 Å². The number of carbonyl (C=O) groups is 3. The first-order chi connectivity index (χ1) is 16.2. The Morgan fingerprint density at radius 2 is 1.71 bits per heavy atom. The Balaban J connectivity index is 1.65. The summed E-state index contributed by atoms with van der Waals surface area (Å²) in [5.41, 5.74) is 0.471. The lowest BCUT2D eigenvalue weighted by Gasteiger charge is -2.36. The fourth-order valence-electron chi connectivity index (χ4n) is 4.28. The minimum Gasteiger partial charge on any atom is -0.458 e. The van der Waals surface area contributed by atoms with Crippen molar-refractivity contribution in [3.63, 3.8) is 0 Å². The third-order valence-corrected chi connectivity index (χ3v) is 6.69. The smallest absolute Gasteiger partial charge is 0.339 e. The predicted octanol–water partition coefficient (Wildman–Crippen LogP) is 6.41. The molecule has 1 fully saturated rings. The highest BCUT2D eigenvalue weighted by Gasteiger charge is 2.34. The van der Waals surface area contributed by atoms with Crippen LogP contribution in [0.1, 0.15) is 60.7 Å². The van der Waals surface area contributed by atoms with E-state index >= 15 is 0 Å². The molecule has 6 nitrogen and oxygen atoms in total. The van der Waals surface area contributed by atoms with E-state index in [0.29, 0.717) is 27.6 Å². The molecule has 3 rings (SSSR count). The average Bonchev–Trinajstić information content (AvgIpc) is 2.79. The van der Waals surface area contributed by atoms with E-state index in [-0.39, 0.29) is 23.1 Å². The lowest BCUT2D eigenvalue weighted by molar-refractivity contribution is -0.119. The highest BCUT2D eigenvalue weighted by Crippen LogP contribution is 2.36. The summed E-state index contributed by atoms with van der Waals surface area (Å²) in [5.74, 6) is -0.809. The zero-order valence-electron chi connectivity index (χ0n) is 19.5. The van der Waals surface area contributed by atoms with E-state index in [1.165, 1.54) is 18.2 Å². The lowest BCUT2D eigenvalue weighted by atomic mass is 9.75. The second kappa shape index (κ2) is 11.7. The molecule has 1 amide bonds. The van der Waals surface area contributed by atoms with Crippen LogP contribution in [-0.4, -0.2) is 30.6 Å². The first kappa shape index (κ1) is 26.0. The Bertz CT molecular complexity index is 1060. The Hall–Kier alpha value is -2.57. The van der Waals surface area contributed by atoms with Crippen molar-refractivity contribution in [1.29, 1.82) is 0 Å². The third-order valence-electron chi connectivity index (χ3n) is 6.12. The molecular formula is C26H29Cl2NO5. The highest BCUT2D eigenvalue weighted by atomic mass is 35.5. The summed E-state index contributed by atoms with van der Waals surface area (Å²) in [4.78, 5) is 38.0. The monoisotopic (exact) mass is 505 g/mol. The zero-order valence-corrected chi connectivity index (χ0v) is 21.0. The van der Waals surface area contributed by atoms with Crippen LogP contribution in [0.4, 0.5) is 5.69 Å². The van der Waals surface area contributed by atoms with Crippen molar-refractivity contribution in [2.75, 3.05) is 11.9 Å².